The summed E-state index contributed by atoms with van der Waals surface area (Å²) in [6, 6.07) is 3.82. The second kappa shape index (κ2) is 7.97. The van der Waals surface area contributed by atoms with Gasteiger partial charge < -0.3 is 20.1 Å². The molecular formula is C17H23FN6O3. The molecule has 0 saturated carbocycles. The van der Waals surface area contributed by atoms with Gasteiger partial charge in [-0.2, -0.15) is 4.68 Å². The molecule has 9 nitrogen and oxygen atoms in total. The Balaban J connectivity index is 1.56. The summed E-state index contributed by atoms with van der Waals surface area (Å²) in [4.78, 5) is 12.2. The molecule has 10 heteroatoms. The van der Waals surface area contributed by atoms with E-state index < -0.39 is 11.6 Å². The van der Waals surface area contributed by atoms with Crippen molar-refractivity contribution < 1.29 is 18.7 Å². The van der Waals surface area contributed by atoms with Crippen LogP contribution in [0.4, 0.5) is 14.9 Å². The molecule has 0 aliphatic carbocycles. The van der Waals surface area contributed by atoms with Crippen LogP contribution < -0.4 is 10.6 Å². The van der Waals surface area contributed by atoms with Crippen LogP contribution in [0.1, 0.15) is 26.1 Å². The lowest BCUT2D eigenvalue weighted by molar-refractivity contribution is -0.153. The van der Waals surface area contributed by atoms with Crippen LogP contribution >= 0.6 is 0 Å². The summed E-state index contributed by atoms with van der Waals surface area (Å²) in [6.07, 6.45) is 0.673. The fourth-order valence-electron chi connectivity index (χ4n) is 3.03. The molecule has 1 aromatic carbocycles. The summed E-state index contributed by atoms with van der Waals surface area (Å²) in [5, 5.41) is 16.5. The maximum atomic E-state index is 14.1. The predicted molar refractivity (Wildman–Crippen MR) is 95.0 cm³/mol. The molecule has 1 unspecified atom stereocenters. The minimum absolute atomic E-state index is 0.159. The van der Waals surface area contributed by atoms with Gasteiger partial charge in [0.1, 0.15) is 11.5 Å². The Morgan fingerprint density at radius 1 is 1.41 bits per heavy atom. The fraction of sp³-hybridized carbons (Fsp3) is 0.529. The Labute approximate surface area is 156 Å². The van der Waals surface area contributed by atoms with E-state index in [1.165, 1.54) is 22.9 Å². The first kappa shape index (κ1) is 19.2. The molecule has 3 rings (SSSR count). The second-order valence-corrected chi connectivity index (χ2v) is 6.78. The van der Waals surface area contributed by atoms with Gasteiger partial charge in [0.15, 0.2) is 11.6 Å². The molecule has 0 bridgehead atoms. The van der Waals surface area contributed by atoms with Gasteiger partial charge in [0.05, 0.1) is 13.2 Å². The van der Waals surface area contributed by atoms with Crippen LogP contribution in [0.2, 0.25) is 0 Å². The van der Waals surface area contributed by atoms with Gasteiger partial charge in [0.2, 0.25) is 0 Å². The van der Waals surface area contributed by atoms with Gasteiger partial charge in [-0.05, 0) is 48.4 Å². The van der Waals surface area contributed by atoms with E-state index in [4.69, 9.17) is 9.47 Å². The van der Waals surface area contributed by atoms with Crippen molar-refractivity contribution in [3.05, 3.63) is 29.8 Å². The maximum absolute atomic E-state index is 14.1. The highest BCUT2D eigenvalue weighted by atomic mass is 19.1. The van der Waals surface area contributed by atoms with E-state index in [-0.39, 0.29) is 17.6 Å². The van der Waals surface area contributed by atoms with Gasteiger partial charge in [-0.25, -0.2) is 9.18 Å². The molecule has 1 aliphatic rings. The Kier molecular flexibility index (Phi) is 5.66. The molecule has 1 fully saturated rings. The summed E-state index contributed by atoms with van der Waals surface area (Å²) in [5.41, 5.74) is 0.591. The second-order valence-electron chi connectivity index (χ2n) is 6.78. The van der Waals surface area contributed by atoms with Crippen molar-refractivity contribution in [1.29, 1.82) is 0 Å². The summed E-state index contributed by atoms with van der Waals surface area (Å²) in [6.45, 7) is 7.19. The van der Waals surface area contributed by atoms with Crippen molar-refractivity contribution >= 4 is 11.7 Å². The van der Waals surface area contributed by atoms with Gasteiger partial charge in [-0.1, -0.05) is 6.92 Å². The number of aryl methyl sites for hydroxylation is 1. The topological polar surface area (TPSA) is 103 Å². The van der Waals surface area contributed by atoms with Gasteiger partial charge in [0.25, 0.3) is 0 Å². The molecule has 2 heterocycles. The van der Waals surface area contributed by atoms with Crippen LogP contribution in [0.25, 0.3) is 5.69 Å². The SMILES string of the molecule is Cc1nnnn1-c1cc(NC(=O)NCC(C)CC2(C)OCCO2)ccc1F. The molecule has 146 valence electrons. The average Bonchev–Trinajstić information content (AvgIpc) is 3.23. The number of aromatic nitrogens is 4. The zero-order valence-electron chi connectivity index (χ0n) is 15.5. The number of urea groups is 1. The number of benzene rings is 1. The van der Waals surface area contributed by atoms with Gasteiger partial charge in [-0.3, -0.25) is 0 Å². The summed E-state index contributed by atoms with van der Waals surface area (Å²) in [7, 11) is 0. The van der Waals surface area contributed by atoms with Crippen molar-refractivity contribution in [3.8, 4) is 5.69 Å². The average molecular weight is 378 g/mol. The van der Waals surface area contributed by atoms with Gasteiger partial charge in [0, 0.05) is 18.7 Å². The molecule has 0 spiro atoms. The monoisotopic (exact) mass is 378 g/mol. The highest BCUT2D eigenvalue weighted by Gasteiger charge is 2.32. The number of carbonyl (C=O) groups excluding carboxylic acids is 1. The van der Waals surface area contributed by atoms with E-state index in [9.17, 15) is 9.18 Å². The number of nitrogens with one attached hydrogen (secondary N) is 2. The van der Waals surface area contributed by atoms with Crippen LogP contribution in [0.15, 0.2) is 18.2 Å². The van der Waals surface area contributed by atoms with Crippen LogP contribution in [-0.4, -0.2) is 51.8 Å². The smallest absolute Gasteiger partial charge is 0.319 e. The van der Waals surface area contributed by atoms with Crippen LogP contribution in [0, 0.1) is 18.7 Å². The zero-order chi connectivity index (χ0) is 19.4. The van der Waals surface area contributed by atoms with E-state index >= 15 is 0 Å². The maximum Gasteiger partial charge on any atom is 0.319 e. The van der Waals surface area contributed by atoms with E-state index in [2.05, 4.69) is 26.2 Å². The first-order chi connectivity index (χ1) is 12.9. The highest BCUT2D eigenvalue weighted by molar-refractivity contribution is 5.89. The molecule has 1 aliphatic heterocycles. The lowest BCUT2D eigenvalue weighted by Gasteiger charge is -2.26. The molecule has 2 amide bonds. The van der Waals surface area contributed by atoms with Gasteiger partial charge >= 0.3 is 6.03 Å². The van der Waals surface area contributed by atoms with Crippen LogP contribution in [0.3, 0.4) is 0 Å². The largest absolute Gasteiger partial charge is 0.348 e. The Morgan fingerprint density at radius 2 is 2.15 bits per heavy atom. The van der Waals surface area contributed by atoms with Gasteiger partial charge in [-0.15, -0.1) is 5.10 Å². The van der Waals surface area contributed by atoms with E-state index in [1.807, 2.05) is 13.8 Å². The molecule has 2 aromatic rings. The number of hydrogen-bond donors (Lipinski definition) is 2. The zero-order valence-corrected chi connectivity index (χ0v) is 15.5. The minimum atomic E-state index is -0.590. The first-order valence-corrected chi connectivity index (χ1v) is 8.74. The van der Waals surface area contributed by atoms with Crippen molar-refractivity contribution in [2.45, 2.75) is 33.0 Å². The van der Waals surface area contributed by atoms with E-state index in [1.54, 1.807) is 6.92 Å². The Hall–Kier alpha value is -2.59. The molecule has 2 N–H and O–H groups in total. The van der Waals surface area contributed by atoms with Crippen molar-refractivity contribution in [1.82, 2.24) is 25.5 Å². The first-order valence-electron chi connectivity index (χ1n) is 8.74. The number of carbonyl (C=O) groups is 1. The molecule has 0 radical (unpaired) electrons. The molecule has 1 aromatic heterocycles. The Morgan fingerprint density at radius 3 is 2.81 bits per heavy atom. The third-order valence-electron chi connectivity index (χ3n) is 4.29. The Bertz CT molecular complexity index is 806. The van der Waals surface area contributed by atoms with E-state index in [0.29, 0.717) is 37.7 Å². The van der Waals surface area contributed by atoms with Crippen molar-refractivity contribution in [3.63, 3.8) is 0 Å². The molecular weight excluding hydrogens is 355 g/mol. The number of nitrogens with zero attached hydrogens (tertiary/aromatic N) is 4. The summed E-state index contributed by atoms with van der Waals surface area (Å²) < 4.78 is 26.5. The number of rotatable bonds is 6. The van der Waals surface area contributed by atoms with Crippen LogP contribution in [0.5, 0.6) is 0 Å². The predicted octanol–water partition coefficient (Wildman–Crippen LogP) is 2.02. The van der Waals surface area contributed by atoms with E-state index in [0.717, 1.165) is 0 Å². The standard InChI is InChI=1S/C17H23FN6O3/c1-11(9-17(3)26-6-7-27-17)10-19-16(25)20-13-4-5-14(18)15(8-13)24-12(2)21-22-23-24/h4-5,8,11H,6-7,9-10H2,1-3H3,(H2,19,20,25). The lowest BCUT2D eigenvalue weighted by atomic mass is 10.0. The number of halogens is 1. The minimum Gasteiger partial charge on any atom is -0.348 e. The number of hydrogen-bond acceptors (Lipinski definition) is 6. The number of ether oxygens (including phenoxy) is 2. The molecule has 27 heavy (non-hydrogen) atoms. The fourth-order valence-corrected chi connectivity index (χ4v) is 3.03. The number of anilines is 1. The normalized spacial score (nSPS) is 16.9. The third-order valence-corrected chi connectivity index (χ3v) is 4.29. The third kappa shape index (κ3) is 4.77. The number of amides is 2. The molecule has 1 atom stereocenters. The van der Waals surface area contributed by atoms with Crippen molar-refractivity contribution in [2.75, 3.05) is 25.1 Å². The highest BCUT2D eigenvalue weighted by Crippen LogP contribution is 2.26. The van der Waals surface area contributed by atoms with Crippen LogP contribution in [-0.2, 0) is 9.47 Å². The number of tetrazole rings is 1. The summed E-state index contributed by atoms with van der Waals surface area (Å²) in [5.74, 6) is -0.483. The lowest BCUT2D eigenvalue weighted by Crippen LogP contribution is -2.36. The molecule has 1 saturated heterocycles. The van der Waals surface area contributed by atoms with Crippen molar-refractivity contribution in [2.24, 2.45) is 5.92 Å². The summed E-state index contributed by atoms with van der Waals surface area (Å²) >= 11 is 0. The quantitative estimate of drug-likeness (QED) is 0.797.